The fraction of sp³-hybridized carbons (Fsp3) is 0.625. The average molecular weight is 601 g/mol. The van der Waals surface area contributed by atoms with Crippen molar-refractivity contribution in [3.63, 3.8) is 0 Å². The number of aliphatic hydroxyl groups is 3. The molecule has 11 nitrogen and oxygen atoms in total. The number of ketones is 1. The summed E-state index contributed by atoms with van der Waals surface area (Å²) in [5.74, 6) is -4.84. The van der Waals surface area contributed by atoms with Crippen molar-refractivity contribution in [1.29, 1.82) is 0 Å². The Labute approximate surface area is 250 Å². The van der Waals surface area contributed by atoms with Crippen molar-refractivity contribution in [2.75, 3.05) is 6.61 Å². The molecule has 0 unspecified atom stereocenters. The van der Waals surface area contributed by atoms with E-state index >= 15 is 0 Å². The molecule has 1 saturated heterocycles. The molecule has 1 aliphatic heterocycles. The standard InChI is InChI=1S/C32H40O11/c1-15-20(35)13-32(39)28(43-29(38)18-10-8-7-9-11-18)24-25(41-16(2)33)19-14-40-21(19)12-22(36)31(24,6)27(37)26(42-17(3)34)23(15)30(32,4)5/h7-11,19-22,24-26,28,35-36,39H,12-14H2,1-6H3/t19-,20+,21-,22+,24+,25-,26-,28+,31-,32-/m1/s1. The van der Waals surface area contributed by atoms with Crippen LogP contribution in [-0.2, 0) is 33.3 Å². The summed E-state index contributed by atoms with van der Waals surface area (Å²) in [5.41, 5.74) is -4.76. The Bertz CT molecular complexity index is 1350. The lowest BCUT2D eigenvalue weighted by molar-refractivity contribution is -0.240. The van der Waals surface area contributed by atoms with E-state index in [0.29, 0.717) is 5.57 Å². The number of rotatable bonds is 4. The number of benzene rings is 1. The number of ether oxygens (including phenoxy) is 4. The summed E-state index contributed by atoms with van der Waals surface area (Å²) in [4.78, 5) is 53.7. The molecule has 0 radical (unpaired) electrons. The van der Waals surface area contributed by atoms with Gasteiger partial charge in [-0.2, -0.15) is 0 Å². The van der Waals surface area contributed by atoms with Gasteiger partial charge in [0, 0.05) is 38.0 Å². The van der Waals surface area contributed by atoms with Gasteiger partial charge in [-0.15, -0.1) is 0 Å². The van der Waals surface area contributed by atoms with Crippen molar-refractivity contribution in [2.24, 2.45) is 22.7 Å². The summed E-state index contributed by atoms with van der Waals surface area (Å²) in [6, 6.07) is 8.09. The molecular formula is C32H40O11. The summed E-state index contributed by atoms with van der Waals surface area (Å²) in [6.07, 6.45) is -8.01. The van der Waals surface area contributed by atoms with Crippen LogP contribution in [-0.4, -0.2) is 87.8 Å². The lowest BCUT2D eigenvalue weighted by Gasteiger charge is -2.60. The van der Waals surface area contributed by atoms with E-state index < -0.39 is 88.6 Å². The van der Waals surface area contributed by atoms with Crippen molar-refractivity contribution in [3.8, 4) is 0 Å². The fourth-order valence-electron chi connectivity index (χ4n) is 7.89. The molecule has 11 heteroatoms. The van der Waals surface area contributed by atoms with Gasteiger partial charge in [0.1, 0.15) is 17.8 Å². The molecule has 3 fully saturated rings. The molecule has 1 heterocycles. The third kappa shape index (κ3) is 4.72. The van der Waals surface area contributed by atoms with Crippen molar-refractivity contribution in [2.45, 2.75) is 96.6 Å². The number of Topliss-reactive ketones (excluding diaryl/α,β-unsaturated/α-hetero) is 1. The minimum Gasteiger partial charge on any atom is -0.462 e. The van der Waals surface area contributed by atoms with Crippen LogP contribution in [0.15, 0.2) is 41.5 Å². The van der Waals surface area contributed by atoms with Crippen molar-refractivity contribution < 1.29 is 53.4 Å². The van der Waals surface area contributed by atoms with Gasteiger partial charge in [0.15, 0.2) is 11.9 Å². The molecule has 2 saturated carbocycles. The first-order chi connectivity index (χ1) is 20.1. The van der Waals surface area contributed by atoms with Crippen LogP contribution >= 0.6 is 0 Å². The highest BCUT2D eigenvalue weighted by Gasteiger charge is 2.72. The van der Waals surface area contributed by atoms with E-state index in [0.717, 1.165) is 6.92 Å². The molecule has 1 aromatic rings. The van der Waals surface area contributed by atoms with Crippen LogP contribution in [0.25, 0.3) is 0 Å². The van der Waals surface area contributed by atoms with Crippen molar-refractivity contribution >= 4 is 23.7 Å². The number of aliphatic hydroxyl groups excluding tert-OH is 2. The van der Waals surface area contributed by atoms with Gasteiger partial charge in [-0.25, -0.2) is 4.79 Å². The molecule has 3 N–H and O–H groups in total. The molecule has 0 aromatic heterocycles. The third-order valence-electron chi connectivity index (χ3n) is 10.4. The lowest BCUT2D eigenvalue weighted by atomic mass is 9.49. The Hall–Kier alpha value is -3.12. The zero-order chi connectivity index (χ0) is 31.6. The van der Waals surface area contributed by atoms with E-state index in [2.05, 4.69) is 0 Å². The molecule has 2 bridgehead atoms. The van der Waals surface area contributed by atoms with E-state index in [1.165, 1.54) is 26.0 Å². The Morgan fingerprint density at radius 2 is 1.60 bits per heavy atom. The van der Waals surface area contributed by atoms with E-state index in [4.69, 9.17) is 18.9 Å². The number of hydrogen-bond donors (Lipinski definition) is 3. The van der Waals surface area contributed by atoms with Crippen LogP contribution < -0.4 is 0 Å². The highest BCUT2D eigenvalue weighted by atomic mass is 16.6. The summed E-state index contributed by atoms with van der Waals surface area (Å²) < 4.78 is 23.5. The first kappa shape index (κ1) is 31.3. The molecule has 4 aliphatic rings. The number of carbonyl (C=O) groups is 4. The number of carbonyl (C=O) groups excluding carboxylic acids is 4. The minimum absolute atomic E-state index is 0.0181. The zero-order valence-corrected chi connectivity index (χ0v) is 25.2. The first-order valence-corrected chi connectivity index (χ1v) is 14.6. The normalized spacial score (nSPS) is 40.0. The molecule has 0 amide bonds. The molecule has 5 rings (SSSR count). The summed E-state index contributed by atoms with van der Waals surface area (Å²) >= 11 is 0. The maximum Gasteiger partial charge on any atom is 0.338 e. The SMILES string of the molecule is CC(=O)O[C@H]1C(=O)[C@@]2(C)[C@@H]([C@H](OC(C)=O)[C@@H]3CO[C@@H]3C[C@@H]2O)[C@H](OC(=O)c2ccccc2)[C@]2(O)C[C@H](O)C(C)=C1C2(C)C. The zero-order valence-electron chi connectivity index (χ0n) is 25.2. The number of esters is 3. The van der Waals surface area contributed by atoms with Crippen molar-refractivity contribution in [3.05, 3.63) is 47.0 Å². The second-order valence-corrected chi connectivity index (χ2v) is 13.1. The Kier molecular flexibility index (Phi) is 7.86. The van der Waals surface area contributed by atoms with Crippen LogP contribution in [0.2, 0.25) is 0 Å². The predicted molar refractivity (Wildman–Crippen MR) is 149 cm³/mol. The van der Waals surface area contributed by atoms with Gasteiger partial charge >= 0.3 is 17.9 Å². The van der Waals surface area contributed by atoms with E-state index in [1.54, 1.807) is 39.0 Å². The van der Waals surface area contributed by atoms with Crippen LogP contribution in [0, 0.1) is 22.7 Å². The van der Waals surface area contributed by atoms with Crippen molar-refractivity contribution in [1.82, 2.24) is 0 Å². The smallest absolute Gasteiger partial charge is 0.338 e. The van der Waals surface area contributed by atoms with Crippen LogP contribution in [0.1, 0.15) is 64.7 Å². The quantitative estimate of drug-likeness (QED) is 0.262. The maximum absolute atomic E-state index is 14.9. The Balaban J connectivity index is 1.84. The topological polar surface area (TPSA) is 166 Å². The maximum atomic E-state index is 14.9. The van der Waals surface area contributed by atoms with Gasteiger partial charge < -0.3 is 34.3 Å². The van der Waals surface area contributed by atoms with Gasteiger partial charge in [0.2, 0.25) is 0 Å². The molecule has 234 valence electrons. The first-order valence-electron chi connectivity index (χ1n) is 14.6. The second kappa shape index (κ2) is 10.8. The van der Waals surface area contributed by atoms with Gasteiger partial charge in [0.05, 0.1) is 41.8 Å². The number of hydrogen-bond acceptors (Lipinski definition) is 11. The molecule has 10 atom stereocenters. The minimum atomic E-state index is -2.10. The van der Waals surface area contributed by atoms with E-state index in [1.807, 2.05) is 0 Å². The highest BCUT2D eigenvalue weighted by Crippen LogP contribution is 2.61. The summed E-state index contributed by atoms with van der Waals surface area (Å²) in [5, 5.41) is 36.1. The van der Waals surface area contributed by atoms with Gasteiger partial charge in [-0.3, -0.25) is 14.4 Å². The largest absolute Gasteiger partial charge is 0.462 e. The average Bonchev–Trinajstić information content (AvgIpc) is 2.96. The summed E-state index contributed by atoms with van der Waals surface area (Å²) in [7, 11) is 0. The second-order valence-electron chi connectivity index (χ2n) is 13.1. The van der Waals surface area contributed by atoms with Gasteiger partial charge in [-0.1, -0.05) is 32.0 Å². The fourth-order valence-corrected chi connectivity index (χ4v) is 7.89. The highest BCUT2D eigenvalue weighted by molar-refractivity contribution is 5.95. The van der Waals surface area contributed by atoms with E-state index in [9.17, 15) is 34.5 Å². The molecule has 1 aromatic carbocycles. The molecule has 0 spiro atoms. The summed E-state index contributed by atoms with van der Waals surface area (Å²) in [6.45, 7) is 8.82. The molecule has 3 aliphatic carbocycles. The molecule has 43 heavy (non-hydrogen) atoms. The van der Waals surface area contributed by atoms with Crippen LogP contribution in [0.5, 0.6) is 0 Å². The Morgan fingerprint density at radius 3 is 2.16 bits per heavy atom. The van der Waals surface area contributed by atoms with Gasteiger partial charge in [-0.05, 0) is 37.1 Å². The predicted octanol–water partition coefficient (Wildman–Crippen LogP) is 1.90. The monoisotopic (exact) mass is 600 g/mol. The van der Waals surface area contributed by atoms with Gasteiger partial charge in [0.25, 0.3) is 0 Å². The van der Waals surface area contributed by atoms with E-state index in [-0.39, 0.29) is 30.6 Å². The lowest BCUT2D eigenvalue weighted by Crippen LogP contribution is -2.72. The Morgan fingerprint density at radius 1 is 0.977 bits per heavy atom. The third-order valence-corrected chi connectivity index (χ3v) is 10.4. The van der Waals surface area contributed by atoms with Crippen LogP contribution in [0.3, 0.4) is 0 Å². The number of fused-ring (bicyclic) bond motifs is 4. The van der Waals surface area contributed by atoms with Crippen LogP contribution in [0.4, 0.5) is 0 Å². The molecular weight excluding hydrogens is 560 g/mol.